The fourth-order valence-corrected chi connectivity index (χ4v) is 3.59. The van der Waals surface area contributed by atoms with E-state index in [1.54, 1.807) is 18.0 Å². The lowest BCUT2D eigenvalue weighted by Gasteiger charge is -2.02. The van der Waals surface area contributed by atoms with Crippen LogP contribution in [-0.2, 0) is 11.8 Å². The molecule has 118 valence electrons. The summed E-state index contributed by atoms with van der Waals surface area (Å²) in [5.74, 6) is 0.661. The first-order chi connectivity index (χ1) is 11.2. The molecule has 7 heteroatoms. The molecule has 23 heavy (non-hydrogen) atoms. The Morgan fingerprint density at radius 1 is 1.35 bits per heavy atom. The Labute approximate surface area is 142 Å². The highest BCUT2D eigenvalue weighted by Crippen LogP contribution is 2.24. The van der Waals surface area contributed by atoms with Crippen LogP contribution in [0.1, 0.15) is 6.42 Å². The predicted octanol–water partition coefficient (Wildman–Crippen LogP) is 3.66. The first kappa shape index (κ1) is 15.8. The lowest BCUT2D eigenvalue weighted by Crippen LogP contribution is -2.12. The molecule has 3 rings (SSSR count). The number of imidazole rings is 1. The van der Waals surface area contributed by atoms with Crippen molar-refractivity contribution in [3.05, 3.63) is 48.1 Å². The number of amides is 1. The zero-order valence-electron chi connectivity index (χ0n) is 12.6. The zero-order valence-corrected chi connectivity index (χ0v) is 14.2. The average molecular weight is 344 g/mol. The molecule has 5 nitrogen and oxygen atoms in total. The fourth-order valence-electron chi connectivity index (χ4n) is 1.98. The molecule has 0 aliphatic carbocycles. The molecule has 0 atom stereocenters. The molecule has 1 amide bonds. The van der Waals surface area contributed by atoms with E-state index in [9.17, 15) is 4.79 Å². The molecule has 3 aromatic rings. The van der Waals surface area contributed by atoms with E-state index in [1.807, 2.05) is 53.5 Å². The van der Waals surface area contributed by atoms with Crippen LogP contribution < -0.4 is 5.32 Å². The van der Waals surface area contributed by atoms with Crippen LogP contribution in [0.2, 0.25) is 0 Å². The smallest absolute Gasteiger partial charge is 0.226 e. The molecule has 0 aliphatic rings. The number of thiazole rings is 1. The third-order valence-corrected chi connectivity index (χ3v) is 4.97. The molecule has 0 spiro atoms. The normalized spacial score (nSPS) is 10.7. The van der Waals surface area contributed by atoms with Gasteiger partial charge in [0, 0.05) is 42.6 Å². The Bertz CT molecular complexity index is 782. The fraction of sp³-hybridized carbons (Fsp3) is 0.188. The second-order valence-electron chi connectivity index (χ2n) is 4.87. The Kier molecular flexibility index (Phi) is 5.09. The third-order valence-electron chi connectivity index (χ3n) is 3.16. The summed E-state index contributed by atoms with van der Waals surface area (Å²) in [6.45, 7) is 0. The lowest BCUT2D eigenvalue weighted by molar-refractivity contribution is -0.115. The Morgan fingerprint density at radius 2 is 2.17 bits per heavy atom. The second kappa shape index (κ2) is 7.43. The van der Waals surface area contributed by atoms with Crippen molar-refractivity contribution in [2.24, 2.45) is 7.05 Å². The maximum atomic E-state index is 12.0. The van der Waals surface area contributed by atoms with Gasteiger partial charge in [-0.25, -0.2) is 9.97 Å². The van der Waals surface area contributed by atoms with Crippen LogP contribution in [0.3, 0.4) is 0 Å². The van der Waals surface area contributed by atoms with E-state index in [4.69, 9.17) is 0 Å². The van der Waals surface area contributed by atoms with Crippen molar-refractivity contribution >= 4 is 34.1 Å². The van der Waals surface area contributed by atoms with Crippen LogP contribution in [-0.4, -0.2) is 26.2 Å². The summed E-state index contributed by atoms with van der Waals surface area (Å²) in [6.07, 6.45) is 4.07. The first-order valence-corrected chi connectivity index (χ1v) is 9.00. The Hall–Kier alpha value is -2.12. The van der Waals surface area contributed by atoms with Crippen molar-refractivity contribution in [2.75, 3.05) is 11.1 Å². The number of carbonyl (C=O) groups excluding carboxylic acids is 1. The number of hydrogen-bond acceptors (Lipinski definition) is 5. The number of thioether (sulfide) groups is 1. The van der Waals surface area contributed by atoms with E-state index in [0.717, 1.165) is 16.4 Å². The molecular weight excluding hydrogens is 328 g/mol. The topological polar surface area (TPSA) is 59.8 Å². The van der Waals surface area contributed by atoms with E-state index in [2.05, 4.69) is 15.3 Å². The minimum atomic E-state index is -0.0272. The van der Waals surface area contributed by atoms with Gasteiger partial charge in [0.05, 0.1) is 5.69 Å². The molecule has 0 saturated carbocycles. The van der Waals surface area contributed by atoms with Gasteiger partial charge in [0.15, 0.2) is 10.3 Å². The SMILES string of the molecule is Cn1ccnc1SCCC(=O)Nc1nc(-c2ccccc2)cs1. The predicted molar refractivity (Wildman–Crippen MR) is 94.7 cm³/mol. The molecule has 1 aromatic carbocycles. The number of aryl methyl sites for hydroxylation is 1. The first-order valence-electron chi connectivity index (χ1n) is 7.13. The van der Waals surface area contributed by atoms with E-state index in [0.29, 0.717) is 17.3 Å². The quantitative estimate of drug-likeness (QED) is 0.693. The van der Waals surface area contributed by atoms with Crippen LogP contribution in [0.25, 0.3) is 11.3 Å². The highest BCUT2D eigenvalue weighted by Gasteiger charge is 2.09. The highest BCUT2D eigenvalue weighted by atomic mass is 32.2. The second-order valence-corrected chi connectivity index (χ2v) is 6.79. The van der Waals surface area contributed by atoms with E-state index in [-0.39, 0.29) is 5.91 Å². The van der Waals surface area contributed by atoms with E-state index in [1.165, 1.54) is 11.3 Å². The van der Waals surface area contributed by atoms with Gasteiger partial charge in [0.25, 0.3) is 0 Å². The van der Waals surface area contributed by atoms with Gasteiger partial charge in [-0.3, -0.25) is 4.79 Å². The van der Waals surface area contributed by atoms with Gasteiger partial charge in [-0.1, -0.05) is 42.1 Å². The molecule has 0 radical (unpaired) electrons. The van der Waals surface area contributed by atoms with E-state index >= 15 is 0 Å². The zero-order chi connectivity index (χ0) is 16.1. The molecule has 0 bridgehead atoms. The van der Waals surface area contributed by atoms with Crippen LogP contribution in [0.4, 0.5) is 5.13 Å². The minimum Gasteiger partial charge on any atom is -0.329 e. The number of hydrogen-bond donors (Lipinski definition) is 1. The standard InChI is InChI=1S/C16H16N4OS2/c1-20-9-8-17-16(20)22-10-7-14(21)19-15-18-13(11-23-15)12-5-3-2-4-6-12/h2-6,8-9,11H,7,10H2,1H3,(H,18,19,21). The number of rotatable bonds is 6. The van der Waals surface area contributed by atoms with Crippen molar-refractivity contribution < 1.29 is 4.79 Å². The van der Waals surface area contributed by atoms with Gasteiger partial charge >= 0.3 is 0 Å². The number of anilines is 1. The van der Waals surface area contributed by atoms with Gasteiger partial charge in [-0.05, 0) is 0 Å². The summed E-state index contributed by atoms with van der Waals surface area (Å²) in [7, 11) is 1.94. The van der Waals surface area contributed by atoms with Crippen molar-refractivity contribution in [1.29, 1.82) is 0 Å². The molecule has 2 aromatic heterocycles. The lowest BCUT2D eigenvalue weighted by atomic mass is 10.2. The summed E-state index contributed by atoms with van der Waals surface area (Å²) < 4.78 is 1.94. The van der Waals surface area contributed by atoms with Crippen molar-refractivity contribution in [1.82, 2.24) is 14.5 Å². The molecule has 0 unspecified atom stereocenters. The summed E-state index contributed by atoms with van der Waals surface area (Å²) in [5, 5.41) is 6.36. The maximum Gasteiger partial charge on any atom is 0.226 e. The maximum absolute atomic E-state index is 12.0. The van der Waals surface area contributed by atoms with Gasteiger partial charge in [-0.2, -0.15) is 0 Å². The van der Waals surface area contributed by atoms with Gasteiger partial charge in [-0.15, -0.1) is 11.3 Å². The molecule has 0 saturated heterocycles. The number of benzene rings is 1. The van der Waals surface area contributed by atoms with Crippen LogP contribution in [0, 0.1) is 0 Å². The molecule has 1 N–H and O–H groups in total. The van der Waals surface area contributed by atoms with Crippen LogP contribution in [0.15, 0.2) is 53.3 Å². The Morgan fingerprint density at radius 3 is 2.91 bits per heavy atom. The van der Waals surface area contributed by atoms with Crippen molar-refractivity contribution in [2.45, 2.75) is 11.6 Å². The van der Waals surface area contributed by atoms with Gasteiger partial charge in [0.1, 0.15) is 0 Å². The average Bonchev–Trinajstić information content (AvgIpc) is 3.18. The van der Waals surface area contributed by atoms with Crippen molar-refractivity contribution in [3.63, 3.8) is 0 Å². The third kappa shape index (κ3) is 4.20. The summed E-state index contributed by atoms with van der Waals surface area (Å²) in [5.41, 5.74) is 1.93. The Balaban J connectivity index is 1.50. The summed E-state index contributed by atoms with van der Waals surface area (Å²) in [4.78, 5) is 20.7. The van der Waals surface area contributed by atoms with Gasteiger partial charge in [0.2, 0.25) is 5.91 Å². The van der Waals surface area contributed by atoms with E-state index < -0.39 is 0 Å². The molecule has 0 fully saturated rings. The summed E-state index contributed by atoms with van der Waals surface area (Å²) in [6, 6.07) is 9.93. The van der Waals surface area contributed by atoms with Crippen LogP contribution in [0.5, 0.6) is 0 Å². The molecular formula is C16H16N4OS2. The number of aromatic nitrogens is 3. The summed E-state index contributed by atoms with van der Waals surface area (Å²) >= 11 is 3.01. The molecule has 2 heterocycles. The van der Waals surface area contributed by atoms with Gasteiger partial charge < -0.3 is 9.88 Å². The number of nitrogens with one attached hydrogen (secondary N) is 1. The van der Waals surface area contributed by atoms with Crippen molar-refractivity contribution in [3.8, 4) is 11.3 Å². The highest BCUT2D eigenvalue weighted by molar-refractivity contribution is 7.99. The largest absolute Gasteiger partial charge is 0.329 e. The van der Waals surface area contributed by atoms with Crippen LogP contribution >= 0.6 is 23.1 Å². The number of nitrogens with zero attached hydrogens (tertiary/aromatic N) is 3. The molecule has 0 aliphatic heterocycles. The minimum absolute atomic E-state index is 0.0272. The monoisotopic (exact) mass is 344 g/mol. The number of carbonyl (C=O) groups is 1.